The lowest BCUT2D eigenvalue weighted by atomic mass is 10.1. The van der Waals surface area contributed by atoms with Crippen molar-refractivity contribution in [3.63, 3.8) is 0 Å². The van der Waals surface area contributed by atoms with Crippen molar-refractivity contribution in [1.29, 1.82) is 0 Å². The molecule has 18 heavy (non-hydrogen) atoms. The highest BCUT2D eigenvalue weighted by molar-refractivity contribution is 5.35. The first kappa shape index (κ1) is 14.8. The van der Waals surface area contributed by atoms with E-state index in [0.29, 0.717) is 5.56 Å². The molecule has 0 aliphatic carbocycles. The van der Waals surface area contributed by atoms with E-state index in [-0.39, 0.29) is 24.4 Å². The molecular weight excluding hydrogens is 247 g/mol. The number of hydrogen-bond donors (Lipinski definition) is 2. The Hall–Kier alpha value is -1.27. The van der Waals surface area contributed by atoms with Crippen LogP contribution in [0.1, 0.15) is 25.5 Å². The predicted molar refractivity (Wildman–Crippen MR) is 61.2 cm³/mol. The minimum atomic E-state index is -4.71. The Morgan fingerprint density at radius 2 is 1.89 bits per heavy atom. The summed E-state index contributed by atoms with van der Waals surface area (Å²) < 4.78 is 40.7. The number of alkyl halides is 3. The van der Waals surface area contributed by atoms with Gasteiger partial charge in [0.05, 0.1) is 6.61 Å². The molecule has 0 fully saturated rings. The van der Waals surface area contributed by atoms with Gasteiger partial charge in [-0.25, -0.2) is 0 Å². The first-order chi connectivity index (χ1) is 8.33. The van der Waals surface area contributed by atoms with Crippen LogP contribution in [0, 0.1) is 0 Å². The van der Waals surface area contributed by atoms with Crippen LogP contribution in [-0.4, -0.2) is 24.1 Å². The fraction of sp³-hybridized carbons (Fsp3) is 0.500. The van der Waals surface area contributed by atoms with Crippen LogP contribution in [0.3, 0.4) is 0 Å². The van der Waals surface area contributed by atoms with Gasteiger partial charge in [0.1, 0.15) is 5.75 Å². The average molecular weight is 263 g/mol. The Balaban J connectivity index is 2.87. The van der Waals surface area contributed by atoms with E-state index in [1.54, 1.807) is 26.0 Å². The van der Waals surface area contributed by atoms with Crippen molar-refractivity contribution in [3.8, 4) is 5.75 Å². The summed E-state index contributed by atoms with van der Waals surface area (Å²) in [4.78, 5) is 0. The summed E-state index contributed by atoms with van der Waals surface area (Å²) in [6.07, 6.45) is -4.71. The Kier molecular flexibility index (Phi) is 4.98. The van der Waals surface area contributed by atoms with Gasteiger partial charge in [-0.1, -0.05) is 18.2 Å². The lowest BCUT2D eigenvalue weighted by molar-refractivity contribution is -0.275. The van der Waals surface area contributed by atoms with Crippen molar-refractivity contribution in [1.82, 2.24) is 5.32 Å². The number of rotatable bonds is 5. The van der Waals surface area contributed by atoms with Gasteiger partial charge in [0.2, 0.25) is 0 Å². The molecule has 0 aliphatic heterocycles. The van der Waals surface area contributed by atoms with Crippen LogP contribution in [0.4, 0.5) is 13.2 Å². The standard InChI is InChI=1S/C12H16F3NO2/c1-8(7-17)16-9(2)10-5-3-4-6-11(10)18-12(13,14)15/h3-6,8-9,16-17H,7H2,1-2H3/t8-,9-/m1/s1. The maximum Gasteiger partial charge on any atom is 0.573 e. The van der Waals surface area contributed by atoms with Gasteiger partial charge in [0, 0.05) is 17.6 Å². The van der Waals surface area contributed by atoms with Gasteiger partial charge in [-0.2, -0.15) is 0 Å². The van der Waals surface area contributed by atoms with Gasteiger partial charge >= 0.3 is 6.36 Å². The van der Waals surface area contributed by atoms with E-state index in [1.165, 1.54) is 12.1 Å². The van der Waals surface area contributed by atoms with Gasteiger partial charge in [0.15, 0.2) is 0 Å². The predicted octanol–water partition coefficient (Wildman–Crippen LogP) is 2.62. The van der Waals surface area contributed by atoms with Crippen LogP contribution in [0.15, 0.2) is 24.3 Å². The molecule has 3 nitrogen and oxygen atoms in total. The minimum Gasteiger partial charge on any atom is -0.405 e. The van der Waals surface area contributed by atoms with E-state index in [9.17, 15) is 13.2 Å². The molecule has 0 radical (unpaired) electrons. The summed E-state index contributed by atoms with van der Waals surface area (Å²) in [6, 6.07) is 5.38. The third-order valence-corrected chi connectivity index (χ3v) is 2.42. The molecule has 0 bridgehead atoms. The summed E-state index contributed by atoms with van der Waals surface area (Å²) in [6.45, 7) is 3.36. The highest BCUT2D eigenvalue weighted by Gasteiger charge is 2.32. The molecule has 0 heterocycles. The molecule has 102 valence electrons. The Morgan fingerprint density at radius 1 is 1.28 bits per heavy atom. The average Bonchev–Trinajstić information content (AvgIpc) is 2.27. The van der Waals surface area contributed by atoms with Crippen LogP contribution in [-0.2, 0) is 0 Å². The van der Waals surface area contributed by atoms with Crippen LogP contribution < -0.4 is 10.1 Å². The zero-order valence-electron chi connectivity index (χ0n) is 10.2. The second kappa shape index (κ2) is 6.06. The van der Waals surface area contributed by atoms with Crippen molar-refractivity contribution >= 4 is 0 Å². The van der Waals surface area contributed by atoms with Crippen molar-refractivity contribution in [2.75, 3.05) is 6.61 Å². The second-order valence-electron chi connectivity index (χ2n) is 4.06. The lowest BCUT2D eigenvalue weighted by Gasteiger charge is -2.21. The third-order valence-electron chi connectivity index (χ3n) is 2.42. The van der Waals surface area contributed by atoms with E-state index in [0.717, 1.165) is 0 Å². The van der Waals surface area contributed by atoms with Gasteiger partial charge < -0.3 is 15.2 Å². The molecule has 0 spiro atoms. The monoisotopic (exact) mass is 263 g/mol. The second-order valence-corrected chi connectivity index (χ2v) is 4.06. The number of aliphatic hydroxyl groups is 1. The van der Waals surface area contributed by atoms with E-state index < -0.39 is 6.36 Å². The summed E-state index contributed by atoms with van der Waals surface area (Å²) in [5.41, 5.74) is 0.398. The summed E-state index contributed by atoms with van der Waals surface area (Å²) >= 11 is 0. The molecule has 1 aromatic rings. The Bertz CT molecular complexity index is 382. The Morgan fingerprint density at radius 3 is 2.44 bits per heavy atom. The van der Waals surface area contributed by atoms with E-state index in [1.807, 2.05) is 0 Å². The number of ether oxygens (including phenoxy) is 1. The van der Waals surface area contributed by atoms with Crippen molar-refractivity contribution in [2.45, 2.75) is 32.3 Å². The minimum absolute atomic E-state index is 0.0906. The smallest absolute Gasteiger partial charge is 0.405 e. The van der Waals surface area contributed by atoms with Gasteiger partial charge in [0.25, 0.3) is 0 Å². The molecule has 0 saturated heterocycles. The van der Waals surface area contributed by atoms with Gasteiger partial charge in [-0.05, 0) is 19.9 Å². The molecule has 1 rings (SSSR count). The molecule has 0 aromatic heterocycles. The zero-order chi connectivity index (χ0) is 13.8. The fourth-order valence-electron chi connectivity index (χ4n) is 1.63. The van der Waals surface area contributed by atoms with Gasteiger partial charge in [-0.15, -0.1) is 13.2 Å². The molecule has 0 aliphatic rings. The first-order valence-corrected chi connectivity index (χ1v) is 5.55. The molecule has 2 atom stereocenters. The summed E-state index contributed by atoms with van der Waals surface area (Å²) in [7, 11) is 0. The zero-order valence-corrected chi connectivity index (χ0v) is 10.2. The quantitative estimate of drug-likeness (QED) is 0.858. The molecule has 0 saturated carbocycles. The third kappa shape index (κ3) is 4.54. The summed E-state index contributed by atoms with van der Waals surface area (Å²) in [5.74, 6) is -0.227. The number of halogens is 3. The fourth-order valence-corrected chi connectivity index (χ4v) is 1.63. The largest absolute Gasteiger partial charge is 0.573 e. The Labute approximate surface area is 104 Å². The van der Waals surface area contributed by atoms with Crippen LogP contribution in [0.2, 0.25) is 0 Å². The molecule has 0 amide bonds. The lowest BCUT2D eigenvalue weighted by Crippen LogP contribution is -2.32. The maximum atomic E-state index is 12.2. The number of benzene rings is 1. The highest BCUT2D eigenvalue weighted by atomic mass is 19.4. The van der Waals surface area contributed by atoms with Crippen molar-refractivity contribution in [3.05, 3.63) is 29.8 Å². The van der Waals surface area contributed by atoms with E-state index in [4.69, 9.17) is 5.11 Å². The molecular formula is C12H16F3NO2. The molecule has 1 aromatic carbocycles. The van der Waals surface area contributed by atoms with Crippen molar-refractivity contribution < 1.29 is 23.0 Å². The van der Waals surface area contributed by atoms with Crippen LogP contribution in [0.5, 0.6) is 5.75 Å². The van der Waals surface area contributed by atoms with Crippen LogP contribution >= 0.6 is 0 Å². The van der Waals surface area contributed by atoms with Crippen molar-refractivity contribution in [2.24, 2.45) is 0 Å². The number of hydrogen-bond acceptors (Lipinski definition) is 3. The number of aliphatic hydroxyl groups excluding tert-OH is 1. The number of para-hydroxylation sites is 1. The summed E-state index contributed by atoms with van der Waals surface area (Å²) in [5, 5.41) is 11.9. The first-order valence-electron chi connectivity index (χ1n) is 5.55. The molecule has 2 N–H and O–H groups in total. The van der Waals surface area contributed by atoms with Crippen LogP contribution in [0.25, 0.3) is 0 Å². The number of nitrogens with one attached hydrogen (secondary N) is 1. The topological polar surface area (TPSA) is 41.5 Å². The highest BCUT2D eigenvalue weighted by Crippen LogP contribution is 2.30. The molecule has 0 unspecified atom stereocenters. The molecule has 6 heteroatoms. The van der Waals surface area contributed by atoms with Gasteiger partial charge in [-0.3, -0.25) is 0 Å². The normalized spacial score (nSPS) is 15.2. The SMILES string of the molecule is C[C@H](CO)N[C@H](C)c1ccccc1OC(F)(F)F. The van der Waals surface area contributed by atoms with E-state index in [2.05, 4.69) is 10.1 Å². The van der Waals surface area contributed by atoms with E-state index >= 15 is 0 Å². The maximum absolute atomic E-state index is 12.2.